The van der Waals surface area contributed by atoms with Gasteiger partial charge in [0.25, 0.3) is 0 Å². The molecule has 11 heteroatoms. The highest BCUT2D eigenvalue weighted by Gasteiger charge is 2.22. The number of hydrogen-bond donors (Lipinski definition) is 3. The fraction of sp³-hybridized carbons (Fsp3) is 0.208. The Bertz CT molecular complexity index is 1390. The lowest BCUT2D eigenvalue weighted by Crippen LogP contribution is -2.20. The van der Waals surface area contributed by atoms with Crippen LogP contribution in [0, 0.1) is 0 Å². The second-order valence-electron chi connectivity index (χ2n) is 7.97. The van der Waals surface area contributed by atoms with Crippen molar-refractivity contribution in [3.05, 3.63) is 60.3 Å². The number of benzene rings is 1. The maximum atomic E-state index is 13.4. The van der Waals surface area contributed by atoms with E-state index in [4.69, 9.17) is 15.2 Å². The molecule has 2 amide bonds. The number of nitrogens with one attached hydrogen (secondary N) is 2. The molecule has 0 spiro atoms. The number of rotatable bonds is 7. The fourth-order valence-corrected chi connectivity index (χ4v) is 3.64. The number of ether oxygens (including phenoxy) is 2. The molecule has 35 heavy (non-hydrogen) atoms. The standard InChI is InChI=1S/C24H25N7O4/c1-13(2)31-11-19(20-22(25)27-12-28-23(20)31)21(32)14-5-16(10-26-9-14)30-24(33)29-15-6-17(34-3)8-18(7-15)35-4/h5-13H,1-4H3,(H2,25,27,28)(H2,29,30,33). The number of amides is 2. The highest BCUT2D eigenvalue weighted by atomic mass is 16.5. The van der Waals surface area contributed by atoms with Gasteiger partial charge in [-0.05, 0) is 19.9 Å². The van der Waals surface area contributed by atoms with E-state index < -0.39 is 6.03 Å². The zero-order valence-corrected chi connectivity index (χ0v) is 19.7. The van der Waals surface area contributed by atoms with E-state index in [9.17, 15) is 9.59 Å². The minimum absolute atomic E-state index is 0.0541. The van der Waals surface area contributed by atoms with Crippen LogP contribution in [0.5, 0.6) is 11.5 Å². The van der Waals surface area contributed by atoms with Crippen molar-refractivity contribution < 1.29 is 19.1 Å². The predicted octanol–water partition coefficient (Wildman–Crippen LogP) is 3.88. The number of carbonyl (C=O) groups is 2. The first kappa shape index (κ1) is 23.5. The van der Waals surface area contributed by atoms with Crippen molar-refractivity contribution in [3.63, 3.8) is 0 Å². The minimum atomic E-state index is -0.527. The van der Waals surface area contributed by atoms with E-state index in [1.807, 2.05) is 18.4 Å². The Labute approximate surface area is 201 Å². The summed E-state index contributed by atoms with van der Waals surface area (Å²) in [4.78, 5) is 38.4. The second kappa shape index (κ2) is 9.67. The van der Waals surface area contributed by atoms with E-state index in [1.165, 1.54) is 32.9 Å². The molecule has 1 aromatic carbocycles. The molecule has 0 radical (unpaired) electrons. The summed E-state index contributed by atoms with van der Waals surface area (Å²) in [6, 6.07) is 6.06. The van der Waals surface area contributed by atoms with Gasteiger partial charge in [0.05, 0.1) is 37.1 Å². The zero-order chi connectivity index (χ0) is 25.1. The summed E-state index contributed by atoms with van der Waals surface area (Å²) in [5.74, 6) is 0.952. The van der Waals surface area contributed by atoms with Gasteiger partial charge in [0, 0.05) is 47.9 Å². The summed E-state index contributed by atoms with van der Waals surface area (Å²) in [5, 5.41) is 5.87. The molecule has 0 atom stereocenters. The van der Waals surface area contributed by atoms with Crippen LogP contribution in [0.3, 0.4) is 0 Å². The molecule has 0 aliphatic carbocycles. The average Bonchev–Trinajstić information content (AvgIpc) is 3.24. The molecule has 0 aliphatic rings. The van der Waals surface area contributed by atoms with Gasteiger partial charge >= 0.3 is 6.03 Å². The van der Waals surface area contributed by atoms with Gasteiger partial charge in [0.1, 0.15) is 29.3 Å². The van der Waals surface area contributed by atoms with Gasteiger partial charge in [-0.25, -0.2) is 14.8 Å². The van der Waals surface area contributed by atoms with Crippen LogP contribution in [0.2, 0.25) is 0 Å². The Morgan fingerprint density at radius 3 is 2.31 bits per heavy atom. The van der Waals surface area contributed by atoms with Crippen LogP contribution in [0.25, 0.3) is 11.0 Å². The van der Waals surface area contributed by atoms with Crippen molar-refractivity contribution in [2.24, 2.45) is 0 Å². The molecule has 0 unspecified atom stereocenters. The van der Waals surface area contributed by atoms with Crippen LogP contribution < -0.4 is 25.8 Å². The lowest BCUT2D eigenvalue weighted by atomic mass is 10.1. The monoisotopic (exact) mass is 475 g/mol. The molecule has 3 heterocycles. The van der Waals surface area contributed by atoms with Gasteiger partial charge in [0.2, 0.25) is 0 Å². The lowest BCUT2D eigenvalue weighted by Gasteiger charge is -2.11. The largest absolute Gasteiger partial charge is 0.497 e. The van der Waals surface area contributed by atoms with Gasteiger partial charge in [0.15, 0.2) is 5.78 Å². The van der Waals surface area contributed by atoms with Crippen molar-refractivity contribution in [2.45, 2.75) is 19.9 Å². The number of carbonyl (C=O) groups excluding carboxylic acids is 2. The van der Waals surface area contributed by atoms with Gasteiger partial charge in [-0.3, -0.25) is 9.78 Å². The summed E-state index contributed by atoms with van der Waals surface area (Å²) in [5.41, 5.74) is 8.09. The summed E-state index contributed by atoms with van der Waals surface area (Å²) in [6.07, 6.45) is 5.95. The Balaban J connectivity index is 1.58. The third kappa shape index (κ3) is 4.83. The number of aromatic nitrogens is 4. The Kier molecular flexibility index (Phi) is 6.49. The molecule has 0 saturated heterocycles. The molecule has 180 valence electrons. The van der Waals surface area contributed by atoms with Crippen molar-refractivity contribution in [1.29, 1.82) is 0 Å². The number of anilines is 3. The number of nitrogens with two attached hydrogens (primary N) is 1. The van der Waals surface area contributed by atoms with E-state index in [1.54, 1.807) is 30.5 Å². The molecule has 0 fully saturated rings. The van der Waals surface area contributed by atoms with Gasteiger partial charge in [-0.1, -0.05) is 0 Å². The number of urea groups is 1. The predicted molar refractivity (Wildman–Crippen MR) is 132 cm³/mol. The number of ketones is 1. The molecule has 3 aromatic heterocycles. The maximum absolute atomic E-state index is 13.4. The number of pyridine rings is 1. The smallest absolute Gasteiger partial charge is 0.323 e. The lowest BCUT2D eigenvalue weighted by molar-refractivity contribution is 0.103. The average molecular weight is 476 g/mol. The highest BCUT2D eigenvalue weighted by Crippen LogP contribution is 2.29. The number of hydrogen-bond acceptors (Lipinski definition) is 8. The molecule has 11 nitrogen and oxygen atoms in total. The third-order valence-corrected chi connectivity index (χ3v) is 5.31. The molecule has 4 N–H and O–H groups in total. The molecule has 0 bridgehead atoms. The first-order valence-electron chi connectivity index (χ1n) is 10.7. The summed E-state index contributed by atoms with van der Waals surface area (Å²) < 4.78 is 12.3. The summed E-state index contributed by atoms with van der Waals surface area (Å²) in [7, 11) is 3.04. The number of nitrogen functional groups attached to an aromatic ring is 1. The van der Waals surface area contributed by atoms with Gasteiger partial charge in [-0.2, -0.15) is 0 Å². The Morgan fingerprint density at radius 2 is 1.66 bits per heavy atom. The molecule has 0 aliphatic heterocycles. The molecular formula is C24H25N7O4. The van der Waals surface area contributed by atoms with Crippen LogP contribution >= 0.6 is 0 Å². The SMILES string of the molecule is COc1cc(NC(=O)Nc2cncc(C(=O)c3cn(C(C)C)c4ncnc(N)c34)c2)cc(OC)c1. The van der Waals surface area contributed by atoms with Crippen molar-refractivity contribution in [1.82, 2.24) is 19.5 Å². The van der Waals surface area contributed by atoms with E-state index in [-0.39, 0.29) is 23.2 Å². The Hall–Kier alpha value is -4.67. The minimum Gasteiger partial charge on any atom is -0.497 e. The van der Waals surface area contributed by atoms with E-state index in [0.717, 1.165) is 0 Å². The Morgan fingerprint density at radius 1 is 0.971 bits per heavy atom. The van der Waals surface area contributed by atoms with Crippen molar-refractivity contribution in [3.8, 4) is 11.5 Å². The van der Waals surface area contributed by atoms with Gasteiger partial charge in [-0.15, -0.1) is 0 Å². The molecule has 0 saturated carbocycles. The molecule has 4 rings (SSSR count). The van der Waals surface area contributed by atoms with Gasteiger partial charge < -0.3 is 30.4 Å². The normalized spacial score (nSPS) is 10.9. The van der Waals surface area contributed by atoms with Crippen molar-refractivity contribution in [2.75, 3.05) is 30.6 Å². The van der Waals surface area contributed by atoms with Crippen LogP contribution in [-0.2, 0) is 0 Å². The van der Waals surface area contributed by atoms with Crippen LogP contribution in [0.1, 0.15) is 35.8 Å². The molecule has 4 aromatic rings. The number of nitrogens with zero attached hydrogens (tertiary/aromatic N) is 4. The first-order valence-corrected chi connectivity index (χ1v) is 10.7. The van der Waals surface area contributed by atoms with E-state index in [0.29, 0.717) is 39.5 Å². The number of fused-ring (bicyclic) bond motifs is 1. The van der Waals surface area contributed by atoms with Crippen LogP contribution in [0.4, 0.5) is 22.0 Å². The van der Waals surface area contributed by atoms with Crippen LogP contribution in [0.15, 0.2) is 49.2 Å². The topological polar surface area (TPSA) is 146 Å². The highest BCUT2D eigenvalue weighted by molar-refractivity contribution is 6.18. The quantitative estimate of drug-likeness (QED) is 0.341. The van der Waals surface area contributed by atoms with Crippen LogP contribution in [-0.4, -0.2) is 45.6 Å². The third-order valence-electron chi connectivity index (χ3n) is 5.31. The summed E-state index contributed by atoms with van der Waals surface area (Å²) >= 11 is 0. The zero-order valence-electron chi connectivity index (χ0n) is 19.7. The maximum Gasteiger partial charge on any atom is 0.323 e. The van der Waals surface area contributed by atoms with Crippen molar-refractivity contribution >= 4 is 40.0 Å². The summed E-state index contributed by atoms with van der Waals surface area (Å²) in [6.45, 7) is 3.96. The first-order chi connectivity index (χ1) is 16.8. The fourth-order valence-electron chi connectivity index (χ4n) is 3.64. The van der Waals surface area contributed by atoms with E-state index >= 15 is 0 Å². The second-order valence-corrected chi connectivity index (χ2v) is 7.97. The number of methoxy groups -OCH3 is 2. The van der Waals surface area contributed by atoms with E-state index in [2.05, 4.69) is 25.6 Å². The molecular weight excluding hydrogens is 450 g/mol.